The predicted molar refractivity (Wildman–Crippen MR) is 37.1 cm³/mol. The minimum absolute atomic E-state index is 0.161. The van der Waals surface area contributed by atoms with Crippen molar-refractivity contribution in [2.24, 2.45) is 0 Å². The zero-order chi connectivity index (χ0) is 7.23. The molecule has 1 heterocycles. The summed E-state index contributed by atoms with van der Waals surface area (Å²) < 4.78 is 15.7. The molecule has 10 heavy (non-hydrogen) atoms. The van der Waals surface area contributed by atoms with Gasteiger partial charge in [-0.15, -0.1) is 0 Å². The lowest BCUT2D eigenvalue weighted by Gasteiger charge is -2.22. The Bertz CT molecular complexity index is 78.9. The van der Waals surface area contributed by atoms with Crippen LogP contribution in [0.3, 0.4) is 0 Å². The topological polar surface area (TPSA) is 27.7 Å². The van der Waals surface area contributed by atoms with E-state index in [1.54, 1.807) is 0 Å². The van der Waals surface area contributed by atoms with Crippen molar-refractivity contribution in [1.82, 2.24) is 0 Å². The molecule has 0 aromatic rings. The molecule has 3 heteroatoms. The zero-order valence-electron chi connectivity index (χ0n) is 6.34. The van der Waals surface area contributed by atoms with Crippen molar-refractivity contribution in [3.8, 4) is 0 Å². The number of ether oxygens (including phenoxy) is 3. The van der Waals surface area contributed by atoms with Gasteiger partial charge in [-0.05, 0) is 6.92 Å². The molecule has 1 aliphatic rings. The molecule has 1 atom stereocenters. The molecule has 0 radical (unpaired) electrons. The molecule has 3 nitrogen and oxygen atoms in total. The summed E-state index contributed by atoms with van der Waals surface area (Å²) in [5.74, 6) is 0. The molecular weight excluding hydrogens is 132 g/mol. The fourth-order valence-electron chi connectivity index (χ4n) is 0.882. The van der Waals surface area contributed by atoms with Crippen LogP contribution in [-0.4, -0.2) is 39.1 Å². The normalized spacial score (nSPS) is 26.7. The third-order valence-electron chi connectivity index (χ3n) is 1.39. The first-order chi connectivity index (χ1) is 4.93. The van der Waals surface area contributed by atoms with Crippen LogP contribution in [0, 0.1) is 0 Å². The van der Waals surface area contributed by atoms with Crippen LogP contribution in [0.25, 0.3) is 0 Å². The molecule has 1 saturated heterocycles. The standard InChI is InChI=1S/C7H14O3/c1-2-8-5-7-6-9-3-4-10-7/h7H,2-6H2,1H3. The van der Waals surface area contributed by atoms with Crippen LogP contribution in [0.15, 0.2) is 0 Å². The van der Waals surface area contributed by atoms with Crippen LogP contribution in [0.4, 0.5) is 0 Å². The summed E-state index contributed by atoms with van der Waals surface area (Å²) >= 11 is 0. The van der Waals surface area contributed by atoms with Crippen LogP contribution in [0.2, 0.25) is 0 Å². The molecule has 0 aromatic carbocycles. The van der Waals surface area contributed by atoms with E-state index in [-0.39, 0.29) is 6.10 Å². The van der Waals surface area contributed by atoms with Crippen molar-refractivity contribution in [1.29, 1.82) is 0 Å². The Morgan fingerprint density at radius 3 is 3.00 bits per heavy atom. The maximum atomic E-state index is 5.33. The van der Waals surface area contributed by atoms with Gasteiger partial charge >= 0.3 is 0 Å². The molecule has 0 bridgehead atoms. The highest BCUT2D eigenvalue weighted by atomic mass is 16.6. The molecule has 0 N–H and O–H groups in total. The van der Waals surface area contributed by atoms with Gasteiger partial charge < -0.3 is 14.2 Å². The van der Waals surface area contributed by atoms with Gasteiger partial charge in [0.2, 0.25) is 0 Å². The number of hydrogen-bond donors (Lipinski definition) is 0. The Morgan fingerprint density at radius 1 is 1.50 bits per heavy atom. The summed E-state index contributed by atoms with van der Waals surface area (Å²) in [6.07, 6.45) is 0.161. The minimum Gasteiger partial charge on any atom is -0.379 e. The lowest BCUT2D eigenvalue weighted by Crippen LogP contribution is -2.32. The summed E-state index contributed by atoms with van der Waals surface area (Å²) in [5, 5.41) is 0. The molecule has 1 unspecified atom stereocenters. The Hall–Kier alpha value is -0.120. The van der Waals surface area contributed by atoms with Crippen LogP contribution in [0.5, 0.6) is 0 Å². The predicted octanol–water partition coefficient (Wildman–Crippen LogP) is 0.438. The third kappa shape index (κ3) is 2.64. The molecule has 0 saturated carbocycles. The average molecular weight is 146 g/mol. The second-order valence-corrected chi connectivity index (χ2v) is 2.23. The molecule has 0 spiro atoms. The van der Waals surface area contributed by atoms with E-state index in [1.165, 1.54) is 0 Å². The largest absolute Gasteiger partial charge is 0.379 e. The van der Waals surface area contributed by atoms with Crippen LogP contribution < -0.4 is 0 Å². The van der Waals surface area contributed by atoms with Gasteiger partial charge in [0.15, 0.2) is 0 Å². The molecule has 60 valence electrons. The maximum absolute atomic E-state index is 5.33. The van der Waals surface area contributed by atoms with E-state index < -0.39 is 0 Å². The summed E-state index contributed by atoms with van der Waals surface area (Å²) in [6.45, 7) is 5.50. The van der Waals surface area contributed by atoms with Gasteiger partial charge in [-0.3, -0.25) is 0 Å². The first kappa shape index (κ1) is 7.98. The molecule has 0 aromatic heterocycles. The van der Waals surface area contributed by atoms with Crippen molar-refractivity contribution in [3.05, 3.63) is 0 Å². The highest BCUT2D eigenvalue weighted by Gasteiger charge is 2.13. The van der Waals surface area contributed by atoms with Crippen molar-refractivity contribution in [2.75, 3.05) is 33.0 Å². The number of rotatable bonds is 3. The van der Waals surface area contributed by atoms with Gasteiger partial charge in [-0.2, -0.15) is 0 Å². The Kier molecular flexibility index (Phi) is 3.72. The highest BCUT2D eigenvalue weighted by Crippen LogP contribution is 2.00. The van der Waals surface area contributed by atoms with Crippen molar-refractivity contribution in [2.45, 2.75) is 13.0 Å². The Balaban J connectivity index is 2.02. The van der Waals surface area contributed by atoms with Gasteiger partial charge in [0.1, 0.15) is 6.10 Å². The summed E-state index contributed by atoms with van der Waals surface area (Å²) in [4.78, 5) is 0. The van der Waals surface area contributed by atoms with Crippen molar-refractivity contribution >= 4 is 0 Å². The second-order valence-electron chi connectivity index (χ2n) is 2.23. The van der Waals surface area contributed by atoms with E-state index in [9.17, 15) is 0 Å². The van der Waals surface area contributed by atoms with E-state index >= 15 is 0 Å². The molecule has 1 aliphatic heterocycles. The summed E-state index contributed by atoms with van der Waals surface area (Å²) in [5.41, 5.74) is 0. The quantitative estimate of drug-likeness (QED) is 0.578. The van der Waals surface area contributed by atoms with E-state index in [0.717, 1.165) is 13.2 Å². The van der Waals surface area contributed by atoms with E-state index in [4.69, 9.17) is 14.2 Å². The Labute approximate surface area is 61.3 Å². The van der Waals surface area contributed by atoms with Crippen molar-refractivity contribution in [3.63, 3.8) is 0 Å². The summed E-state index contributed by atoms with van der Waals surface area (Å²) in [7, 11) is 0. The Morgan fingerprint density at radius 2 is 2.40 bits per heavy atom. The van der Waals surface area contributed by atoms with Gasteiger partial charge in [-0.25, -0.2) is 0 Å². The molecule has 0 aliphatic carbocycles. The average Bonchev–Trinajstić information content (AvgIpc) is 2.03. The lowest BCUT2D eigenvalue weighted by atomic mass is 10.4. The maximum Gasteiger partial charge on any atom is 0.104 e. The van der Waals surface area contributed by atoms with E-state index in [1.807, 2.05) is 6.92 Å². The fourth-order valence-corrected chi connectivity index (χ4v) is 0.882. The second kappa shape index (κ2) is 4.66. The zero-order valence-corrected chi connectivity index (χ0v) is 6.34. The molecule has 1 fully saturated rings. The molecular formula is C7H14O3. The third-order valence-corrected chi connectivity index (χ3v) is 1.39. The van der Waals surface area contributed by atoms with Gasteiger partial charge in [0.25, 0.3) is 0 Å². The van der Waals surface area contributed by atoms with Crippen LogP contribution >= 0.6 is 0 Å². The fraction of sp³-hybridized carbons (Fsp3) is 1.00. The number of hydrogen-bond acceptors (Lipinski definition) is 3. The summed E-state index contributed by atoms with van der Waals surface area (Å²) in [6, 6.07) is 0. The SMILES string of the molecule is CCOCC1COCCO1. The first-order valence-electron chi connectivity index (χ1n) is 3.70. The van der Waals surface area contributed by atoms with Crippen molar-refractivity contribution < 1.29 is 14.2 Å². The van der Waals surface area contributed by atoms with E-state index in [2.05, 4.69) is 0 Å². The van der Waals surface area contributed by atoms with Gasteiger partial charge in [0, 0.05) is 6.61 Å². The monoisotopic (exact) mass is 146 g/mol. The smallest absolute Gasteiger partial charge is 0.104 e. The lowest BCUT2D eigenvalue weighted by molar-refractivity contribution is -0.114. The van der Waals surface area contributed by atoms with Crippen LogP contribution in [-0.2, 0) is 14.2 Å². The molecule has 0 amide bonds. The van der Waals surface area contributed by atoms with Gasteiger partial charge in [0.05, 0.1) is 26.4 Å². The van der Waals surface area contributed by atoms with Gasteiger partial charge in [-0.1, -0.05) is 0 Å². The highest BCUT2D eigenvalue weighted by molar-refractivity contribution is 4.58. The first-order valence-corrected chi connectivity index (χ1v) is 3.70. The minimum atomic E-state index is 0.161. The molecule has 1 rings (SSSR count). The van der Waals surface area contributed by atoms with E-state index in [0.29, 0.717) is 19.8 Å². The van der Waals surface area contributed by atoms with Crippen LogP contribution in [0.1, 0.15) is 6.92 Å².